The molecule has 0 aliphatic carbocycles. The molecule has 7 nitrogen and oxygen atoms in total. The first-order valence-corrected chi connectivity index (χ1v) is 9.27. The second kappa shape index (κ2) is 12.0. The molecule has 1 fully saturated rings. The number of esters is 1. The number of nitrogens with one attached hydrogen (secondary N) is 1. The van der Waals surface area contributed by atoms with Crippen LogP contribution in [-0.2, 0) is 16.1 Å². The first-order valence-electron chi connectivity index (χ1n) is 9.27. The molecular weight excluding hydrogens is 459 g/mol. The summed E-state index contributed by atoms with van der Waals surface area (Å²) in [6, 6.07) is 3.88. The second-order valence-corrected chi connectivity index (χ2v) is 6.59. The van der Waals surface area contributed by atoms with Crippen LogP contribution >= 0.6 is 24.0 Å². The minimum atomic E-state index is -0.0788. The van der Waals surface area contributed by atoms with Gasteiger partial charge < -0.3 is 19.7 Å². The molecule has 0 atom stereocenters. The van der Waals surface area contributed by atoms with Gasteiger partial charge in [0, 0.05) is 38.9 Å². The Morgan fingerprint density at radius 3 is 2.59 bits per heavy atom. The Morgan fingerprint density at radius 1 is 1.37 bits per heavy atom. The highest BCUT2D eigenvalue weighted by atomic mass is 127. The van der Waals surface area contributed by atoms with Crippen molar-refractivity contribution in [3.8, 4) is 5.88 Å². The van der Waals surface area contributed by atoms with Crippen LogP contribution in [0.3, 0.4) is 0 Å². The van der Waals surface area contributed by atoms with Crippen molar-refractivity contribution in [2.24, 2.45) is 10.9 Å². The van der Waals surface area contributed by atoms with E-state index in [4.69, 9.17) is 9.47 Å². The van der Waals surface area contributed by atoms with E-state index in [0.29, 0.717) is 19.0 Å². The number of rotatable bonds is 6. The summed E-state index contributed by atoms with van der Waals surface area (Å²) < 4.78 is 10.7. The number of carbonyl (C=O) groups is 1. The quantitative estimate of drug-likeness (QED) is 0.286. The molecule has 1 aromatic rings. The van der Waals surface area contributed by atoms with Gasteiger partial charge >= 0.3 is 5.97 Å². The first kappa shape index (κ1) is 23.5. The number of carbonyl (C=O) groups excluding carboxylic acids is 1. The Balaban J connectivity index is 0.00000364. The molecule has 8 heteroatoms. The van der Waals surface area contributed by atoms with Crippen molar-refractivity contribution in [2.45, 2.75) is 46.3 Å². The fourth-order valence-corrected chi connectivity index (χ4v) is 2.93. The summed E-state index contributed by atoms with van der Waals surface area (Å²) >= 11 is 0. The molecule has 2 heterocycles. The van der Waals surface area contributed by atoms with E-state index in [-0.39, 0.29) is 42.0 Å². The van der Waals surface area contributed by atoms with Crippen LogP contribution < -0.4 is 10.1 Å². The molecule has 1 aliphatic heterocycles. The lowest BCUT2D eigenvalue weighted by Crippen LogP contribution is -2.46. The molecule has 1 saturated heterocycles. The van der Waals surface area contributed by atoms with E-state index in [9.17, 15) is 4.79 Å². The number of nitrogens with zero attached hydrogens (tertiary/aromatic N) is 3. The Morgan fingerprint density at radius 2 is 2.07 bits per heavy atom. The molecular formula is C19H31IN4O3. The maximum absolute atomic E-state index is 11.8. The van der Waals surface area contributed by atoms with E-state index < -0.39 is 0 Å². The number of hydrogen-bond donors (Lipinski definition) is 1. The highest BCUT2D eigenvalue weighted by molar-refractivity contribution is 14.0. The second-order valence-electron chi connectivity index (χ2n) is 6.59. The van der Waals surface area contributed by atoms with Crippen molar-refractivity contribution in [3.05, 3.63) is 23.9 Å². The van der Waals surface area contributed by atoms with E-state index in [1.54, 1.807) is 7.05 Å². The maximum Gasteiger partial charge on any atom is 0.309 e. The van der Waals surface area contributed by atoms with Gasteiger partial charge in [-0.2, -0.15) is 0 Å². The van der Waals surface area contributed by atoms with Gasteiger partial charge in [-0.3, -0.25) is 9.79 Å². The van der Waals surface area contributed by atoms with Crippen molar-refractivity contribution in [3.63, 3.8) is 0 Å². The van der Waals surface area contributed by atoms with Gasteiger partial charge in [-0.05, 0) is 39.2 Å². The van der Waals surface area contributed by atoms with Crippen LogP contribution in [0.4, 0.5) is 0 Å². The topological polar surface area (TPSA) is 76.0 Å². The lowest BCUT2D eigenvalue weighted by molar-refractivity contribution is -0.149. The minimum absolute atomic E-state index is 0. The van der Waals surface area contributed by atoms with Gasteiger partial charge in [0.15, 0.2) is 5.96 Å². The van der Waals surface area contributed by atoms with Gasteiger partial charge in [0.25, 0.3) is 0 Å². The molecule has 1 aromatic heterocycles. The average Bonchev–Trinajstić information content (AvgIpc) is 2.64. The standard InChI is InChI=1S/C19H30N4O3.HI/c1-5-25-18(24)16-8-10-23(11-9-16)19(20-4)22-13-15-6-7-17(21-12-15)26-14(2)3;/h6-7,12,14,16H,5,8-11,13H2,1-4H3,(H,20,22);1H. The maximum atomic E-state index is 11.8. The van der Waals surface area contributed by atoms with Gasteiger partial charge in [0.05, 0.1) is 18.6 Å². The number of guanidine groups is 1. The van der Waals surface area contributed by atoms with Crippen molar-refractivity contribution in [2.75, 3.05) is 26.7 Å². The Kier molecular flexibility index (Phi) is 10.4. The molecule has 0 aromatic carbocycles. The van der Waals surface area contributed by atoms with Crippen molar-refractivity contribution in [1.82, 2.24) is 15.2 Å². The molecule has 1 N–H and O–H groups in total. The normalized spacial score (nSPS) is 15.3. The third-order valence-corrected chi connectivity index (χ3v) is 4.23. The van der Waals surface area contributed by atoms with Gasteiger partial charge in [-0.15, -0.1) is 24.0 Å². The third kappa shape index (κ3) is 7.51. The summed E-state index contributed by atoms with van der Waals surface area (Å²) in [6.07, 6.45) is 3.51. The van der Waals surface area contributed by atoms with E-state index in [1.807, 2.05) is 39.1 Å². The third-order valence-electron chi connectivity index (χ3n) is 4.23. The van der Waals surface area contributed by atoms with E-state index in [0.717, 1.165) is 37.5 Å². The van der Waals surface area contributed by atoms with Gasteiger partial charge in [-0.1, -0.05) is 6.07 Å². The Hall–Kier alpha value is -1.58. The van der Waals surface area contributed by atoms with Gasteiger partial charge in [-0.25, -0.2) is 4.98 Å². The smallest absolute Gasteiger partial charge is 0.309 e. The fourth-order valence-electron chi connectivity index (χ4n) is 2.93. The molecule has 0 spiro atoms. The number of hydrogen-bond acceptors (Lipinski definition) is 5. The van der Waals surface area contributed by atoms with Gasteiger partial charge in [0.1, 0.15) is 0 Å². The zero-order valence-corrected chi connectivity index (χ0v) is 18.9. The van der Waals surface area contributed by atoms with Crippen molar-refractivity contribution >= 4 is 35.9 Å². The van der Waals surface area contributed by atoms with E-state index >= 15 is 0 Å². The van der Waals surface area contributed by atoms with Crippen LogP contribution in [0.2, 0.25) is 0 Å². The summed E-state index contributed by atoms with van der Waals surface area (Å²) in [7, 11) is 1.78. The number of pyridine rings is 1. The lowest BCUT2D eigenvalue weighted by Gasteiger charge is -2.33. The predicted octanol–water partition coefficient (Wildman–Crippen LogP) is 2.84. The SMILES string of the molecule is CCOC(=O)C1CCN(C(=NC)NCc2ccc(OC(C)C)nc2)CC1.I. The molecule has 1 aliphatic rings. The molecule has 152 valence electrons. The van der Waals surface area contributed by atoms with Crippen LogP contribution in [0.1, 0.15) is 39.2 Å². The number of halogens is 1. The summed E-state index contributed by atoms with van der Waals surface area (Å²) in [5.74, 6) is 1.40. The van der Waals surface area contributed by atoms with E-state index in [2.05, 4.69) is 20.2 Å². The molecule has 0 saturated carbocycles. The minimum Gasteiger partial charge on any atom is -0.475 e. The van der Waals surface area contributed by atoms with Gasteiger partial charge in [0.2, 0.25) is 5.88 Å². The highest BCUT2D eigenvalue weighted by Gasteiger charge is 2.27. The first-order chi connectivity index (χ1) is 12.5. The van der Waals surface area contributed by atoms with Crippen LogP contribution in [0.15, 0.2) is 23.3 Å². The fraction of sp³-hybridized carbons (Fsp3) is 0.632. The van der Waals surface area contributed by atoms with Crippen LogP contribution in [-0.4, -0.2) is 54.7 Å². The molecule has 0 unspecified atom stereocenters. The largest absolute Gasteiger partial charge is 0.475 e. The van der Waals surface area contributed by atoms with Crippen molar-refractivity contribution < 1.29 is 14.3 Å². The zero-order valence-electron chi connectivity index (χ0n) is 16.6. The Labute approximate surface area is 178 Å². The molecule has 2 rings (SSSR count). The number of aromatic nitrogens is 1. The summed E-state index contributed by atoms with van der Waals surface area (Å²) in [5.41, 5.74) is 1.06. The summed E-state index contributed by atoms with van der Waals surface area (Å²) in [4.78, 5) is 22.7. The molecule has 27 heavy (non-hydrogen) atoms. The summed E-state index contributed by atoms with van der Waals surface area (Å²) in [5, 5.41) is 3.36. The van der Waals surface area contributed by atoms with Crippen molar-refractivity contribution in [1.29, 1.82) is 0 Å². The van der Waals surface area contributed by atoms with Crippen LogP contribution in [0.5, 0.6) is 5.88 Å². The number of piperidine rings is 1. The Bertz CT molecular complexity index is 599. The lowest BCUT2D eigenvalue weighted by atomic mass is 9.97. The number of ether oxygens (including phenoxy) is 2. The van der Waals surface area contributed by atoms with E-state index in [1.165, 1.54) is 0 Å². The number of likely N-dealkylation sites (tertiary alicyclic amines) is 1. The number of aliphatic imine (C=N–C) groups is 1. The average molecular weight is 490 g/mol. The predicted molar refractivity (Wildman–Crippen MR) is 117 cm³/mol. The molecule has 0 amide bonds. The highest BCUT2D eigenvalue weighted by Crippen LogP contribution is 2.19. The summed E-state index contributed by atoms with van der Waals surface area (Å²) in [6.45, 7) is 8.47. The molecule has 0 radical (unpaired) electrons. The van der Waals surface area contributed by atoms with Crippen LogP contribution in [0, 0.1) is 5.92 Å². The zero-order chi connectivity index (χ0) is 18.9. The monoisotopic (exact) mass is 490 g/mol. The molecule has 0 bridgehead atoms. The van der Waals surface area contributed by atoms with Crippen LogP contribution in [0.25, 0.3) is 0 Å².